The van der Waals surface area contributed by atoms with E-state index in [2.05, 4.69) is 16.0 Å². The Morgan fingerprint density at radius 1 is 0.800 bits per heavy atom. The number of carbonyl (C=O) groups is 3. The zero-order valence-corrected chi connectivity index (χ0v) is 20.4. The molecular weight excluding hydrogens is 440 g/mol. The van der Waals surface area contributed by atoms with Crippen LogP contribution in [0.25, 0.3) is 0 Å². The largest absolute Gasteiger partial charge is 0.376 e. The second kappa shape index (κ2) is 12.4. The smallest absolute Gasteiger partial charge is 0.253 e. The highest BCUT2D eigenvalue weighted by molar-refractivity contribution is 5.98. The second-order valence-electron chi connectivity index (χ2n) is 8.15. The molecule has 3 N–H and O–H groups in total. The number of benzene rings is 3. The van der Waals surface area contributed by atoms with Crippen molar-refractivity contribution in [3.8, 4) is 0 Å². The third-order valence-electron chi connectivity index (χ3n) is 5.67. The Bertz CT molecular complexity index is 1160. The van der Waals surface area contributed by atoms with E-state index < -0.39 is 0 Å². The van der Waals surface area contributed by atoms with Gasteiger partial charge in [0, 0.05) is 35.6 Å². The van der Waals surface area contributed by atoms with Crippen LogP contribution in [0.1, 0.15) is 53.1 Å². The number of hydrogen-bond donors (Lipinski definition) is 3. The van der Waals surface area contributed by atoms with Gasteiger partial charge in [0.05, 0.1) is 12.6 Å². The molecule has 0 bridgehead atoms. The Balaban J connectivity index is 1.56. The first-order chi connectivity index (χ1) is 16.9. The number of carbonyl (C=O) groups excluding carboxylic acids is 3. The van der Waals surface area contributed by atoms with Gasteiger partial charge < -0.3 is 20.9 Å². The van der Waals surface area contributed by atoms with Crippen molar-refractivity contribution in [1.82, 2.24) is 10.2 Å². The van der Waals surface area contributed by atoms with Gasteiger partial charge >= 0.3 is 0 Å². The number of nitrogens with zero attached hydrogens (tertiary/aromatic N) is 1. The molecule has 1 atom stereocenters. The number of amides is 3. The molecule has 3 amide bonds. The Morgan fingerprint density at radius 3 is 2.11 bits per heavy atom. The van der Waals surface area contributed by atoms with Gasteiger partial charge in [0.1, 0.15) is 0 Å². The van der Waals surface area contributed by atoms with Gasteiger partial charge in [-0.1, -0.05) is 42.5 Å². The minimum absolute atomic E-state index is 0.0182. The van der Waals surface area contributed by atoms with E-state index in [1.54, 1.807) is 47.4 Å². The molecule has 0 heterocycles. The summed E-state index contributed by atoms with van der Waals surface area (Å²) in [7, 11) is 0. The van der Waals surface area contributed by atoms with E-state index in [1.165, 1.54) is 0 Å². The molecule has 0 saturated heterocycles. The molecule has 7 nitrogen and oxygen atoms in total. The van der Waals surface area contributed by atoms with Crippen LogP contribution in [0.4, 0.5) is 11.4 Å². The molecule has 0 saturated carbocycles. The third kappa shape index (κ3) is 7.17. The van der Waals surface area contributed by atoms with Crippen LogP contribution < -0.4 is 16.0 Å². The summed E-state index contributed by atoms with van der Waals surface area (Å²) in [6, 6.07) is 23.5. The molecular formula is C28H32N4O3. The van der Waals surface area contributed by atoms with Gasteiger partial charge in [0.25, 0.3) is 11.8 Å². The SMILES string of the molecule is CCN(CC)C(=O)c1cccc(NCC(=O)Nc2cccc(C(=O)NC(C)c3ccccc3)c2)c1. The quantitative estimate of drug-likeness (QED) is 0.399. The fraction of sp³-hybridized carbons (Fsp3) is 0.250. The van der Waals surface area contributed by atoms with Crippen molar-refractivity contribution in [2.24, 2.45) is 0 Å². The Kier molecular flexibility index (Phi) is 9.01. The van der Waals surface area contributed by atoms with E-state index >= 15 is 0 Å². The lowest BCUT2D eigenvalue weighted by Gasteiger charge is -2.19. The summed E-state index contributed by atoms with van der Waals surface area (Å²) in [4.78, 5) is 39.5. The minimum Gasteiger partial charge on any atom is -0.376 e. The second-order valence-corrected chi connectivity index (χ2v) is 8.15. The van der Waals surface area contributed by atoms with Crippen molar-refractivity contribution < 1.29 is 14.4 Å². The number of hydrogen-bond acceptors (Lipinski definition) is 4. The maximum absolute atomic E-state index is 12.7. The first kappa shape index (κ1) is 25.5. The number of nitrogens with one attached hydrogen (secondary N) is 3. The average molecular weight is 473 g/mol. The Labute approximate surface area is 206 Å². The first-order valence-corrected chi connectivity index (χ1v) is 11.8. The molecule has 3 aromatic carbocycles. The third-order valence-corrected chi connectivity index (χ3v) is 5.67. The predicted octanol–water partition coefficient (Wildman–Crippen LogP) is 4.71. The lowest BCUT2D eigenvalue weighted by atomic mass is 10.1. The van der Waals surface area contributed by atoms with E-state index in [-0.39, 0.29) is 30.3 Å². The van der Waals surface area contributed by atoms with E-state index in [9.17, 15) is 14.4 Å². The first-order valence-electron chi connectivity index (χ1n) is 11.8. The zero-order valence-electron chi connectivity index (χ0n) is 20.4. The average Bonchev–Trinajstić information content (AvgIpc) is 2.89. The van der Waals surface area contributed by atoms with Crippen molar-refractivity contribution in [2.75, 3.05) is 30.3 Å². The number of anilines is 2. The van der Waals surface area contributed by atoms with Crippen molar-refractivity contribution >= 4 is 29.1 Å². The normalized spacial score (nSPS) is 11.3. The van der Waals surface area contributed by atoms with Crippen LogP contribution >= 0.6 is 0 Å². The summed E-state index contributed by atoms with van der Waals surface area (Å²) < 4.78 is 0. The van der Waals surface area contributed by atoms with Gasteiger partial charge in [-0.3, -0.25) is 14.4 Å². The molecule has 3 aromatic rings. The fourth-order valence-corrected chi connectivity index (χ4v) is 3.69. The lowest BCUT2D eigenvalue weighted by Crippen LogP contribution is -2.30. The maximum atomic E-state index is 12.7. The van der Waals surface area contributed by atoms with Gasteiger partial charge in [0.15, 0.2) is 0 Å². The summed E-state index contributed by atoms with van der Waals surface area (Å²) in [5.41, 5.74) is 3.26. The predicted molar refractivity (Wildman–Crippen MR) is 140 cm³/mol. The molecule has 35 heavy (non-hydrogen) atoms. The van der Waals surface area contributed by atoms with Gasteiger partial charge in [-0.2, -0.15) is 0 Å². The molecule has 0 fully saturated rings. The van der Waals surface area contributed by atoms with Crippen molar-refractivity contribution in [3.05, 3.63) is 95.6 Å². The van der Waals surface area contributed by atoms with E-state index in [4.69, 9.17) is 0 Å². The van der Waals surface area contributed by atoms with E-state index in [1.807, 2.05) is 57.2 Å². The highest BCUT2D eigenvalue weighted by Gasteiger charge is 2.14. The topological polar surface area (TPSA) is 90.5 Å². The summed E-state index contributed by atoms with van der Waals surface area (Å²) in [5, 5.41) is 8.84. The van der Waals surface area contributed by atoms with Crippen molar-refractivity contribution in [1.29, 1.82) is 0 Å². The Morgan fingerprint density at radius 2 is 1.43 bits per heavy atom. The molecule has 0 radical (unpaired) electrons. The van der Waals surface area contributed by atoms with Crippen LogP contribution in [0.15, 0.2) is 78.9 Å². The van der Waals surface area contributed by atoms with Crippen molar-refractivity contribution in [2.45, 2.75) is 26.8 Å². The highest BCUT2D eigenvalue weighted by Crippen LogP contribution is 2.16. The van der Waals surface area contributed by atoms with Crippen LogP contribution in [0.2, 0.25) is 0 Å². The van der Waals surface area contributed by atoms with Crippen LogP contribution in [-0.4, -0.2) is 42.3 Å². The minimum atomic E-state index is -0.263. The van der Waals surface area contributed by atoms with Gasteiger partial charge in [-0.05, 0) is 62.7 Å². The van der Waals surface area contributed by atoms with Gasteiger partial charge in [-0.15, -0.1) is 0 Å². The fourth-order valence-electron chi connectivity index (χ4n) is 3.69. The Hall–Kier alpha value is -4.13. The van der Waals surface area contributed by atoms with Crippen LogP contribution in [0, 0.1) is 0 Å². The van der Waals surface area contributed by atoms with Gasteiger partial charge in [-0.25, -0.2) is 0 Å². The molecule has 0 aliphatic heterocycles. The molecule has 0 aliphatic rings. The molecule has 0 spiro atoms. The summed E-state index contributed by atoms with van der Waals surface area (Å²) in [5.74, 6) is -0.522. The van der Waals surface area contributed by atoms with E-state index in [0.717, 1.165) is 5.56 Å². The molecule has 7 heteroatoms. The van der Waals surface area contributed by atoms with E-state index in [0.29, 0.717) is 35.6 Å². The standard InChI is InChI=1S/C28H32N4O3/c1-4-32(5-2)28(35)23-14-10-15-24(18-23)29-19-26(33)31-25-16-9-13-22(17-25)27(34)30-20(3)21-11-7-6-8-12-21/h6-18,20,29H,4-5,19H2,1-3H3,(H,30,34)(H,31,33). The zero-order chi connectivity index (χ0) is 25.2. The monoisotopic (exact) mass is 472 g/mol. The van der Waals surface area contributed by atoms with Gasteiger partial charge in [0.2, 0.25) is 5.91 Å². The maximum Gasteiger partial charge on any atom is 0.253 e. The summed E-state index contributed by atoms with van der Waals surface area (Å²) in [6.07, 6.45) is 0. The van der Waals surface area contributed by atoms with Crippen LogP contribution in [-0.2, 0) is 4.79 Å². The van der Waals surface area contributed by atoms with Crippen LogP contribution in [0.5, 0.6) is 0 Å². The molecule has 1 unspecified atom stereocenters. The number of rotatable bonds is 10. The highest BCUT2D eigenvalue weighted by atomic mass is 16.2. The molecule has 0 aliphatic carbocycles. The molecule has 3 rings (SSSR count). The van der Waals surface area contributed by atoms with Crippen LogP contribution in [0.3, 0.4) is 0 Å². The van der Waals surface area contributed by atoms with Crippen molar-refractivity contribution in [3.63, 3.8) is 0 Å². The summed E-state index contributed by atoms with van der Waals surface area (Å²) in [6.45, 7) is 7.10. The molecule has 182 valence electrons. The molecule has 0 aromatic heterocycles. The lowest BCUT2D eigenvalue weighted by molar-refractivity contribution is -0.114. The summed E-state index contributed by atoms with van der Waals surface area (Å²) >= 11 is 0.